The van der Waals surface area contributed by atoms with E-state index in [0.717, 1.165) is 37.2 Å². The maximum Gasteiger partial charge on any atom is 0.321 e. The SMILES string of the molecule is Cc1cccc(CN2CCN(C3CCN(C(=O)Nc4cccc(C)c4)CC3)C2=O)c1. The summed E-state index contributed by atoms with van der Waals surface area (Å²) >= 11 is 0. The molecule has 158 valence electrons. The van der Waals surface area contributed by atoms with Gasteiger partial charge in [-0.1, -0.05) is 42.0 Å². The standard InChI is InChI=1S/C24H30N4O2/c1-18-5-3-7-20(15-18)17-27-13-14-28(24(27)30)22-9-11-26(12-10-22)23(29)25-21-8-4-6-19(2)16-21/h3-8,15-16,22H,9-14,17H2,1-2H3,(H,25,29). The van der Waals surface area contributed by atoms with Crippen LogP contribution in [0.3, 0.4) is 0 Å². The Kier molecular flexibility index (Phi) is 5.93. The van der Waals surface area contributed by atoms with E-state index in [1.807, 2.05) is 52.0 Å². The summed E-state index contributed by atoms with van der Waals surface area (Å²) in [6.45, 7) is 7.62. The summed E-state index contributed by atoms with van der Waals surface area (Å²) in [6.07, 6.45) is 1.65. The Morgan fingerprint density at radius 3 is 2.37 bits per heavy atom. The third-order valence-electron chi connectivity index (χ3n) is 6.04. The summed E-state index contributed by atoms with van der Waals surface area (Å²) in [5.41, 5.74) is 4.33. The lowest BCUT2D eigenvalue weighted by Crippen LogP contribution is -2.49. The number of amides is 4. The highest BCUT2D eigenvalue weighted by Crippen LogP contribution is 2.23. The average Bonchev–Trinajstić information content (AvgIpc) is 3.08. The Morgan fingerprint density at radius 2 is 1.67 bits per heavy atom. The van der Waals surface area contributed by atoms with E-state index < -0.39 is 0 Å². The molecule has 2 heterocycles. The highest BCUT2D eigenvalue weighted by atomic mass is 16.2. The lowest BCUT2D eigenvalue weighted by Gasteiger charge is -2.36. The molecule has 0 unspecified atom stereocenters. The fourth-order valence-electron chi connectivity index (χ4n) is 4.42. The number of anilines is 1. The van der Waals surface area contributed by atoms with Gasteiger partial charge in [0.2, 0.25) is 0 Å². The van der Waals surface area contributed by atoms with Gasteiger partial charge in [0, 0.05) is 44.5 Å². The first-order chi connectivity index (χ1) is 14.5. The number of urea groups is 2. The lowest BCUT2D eigenvalue weighted by atomic mass is 10.0. The molecule has 6 nitrogen and oxygen atoms in total. The molecule has 4 rings (SSSR count). The third-order valence-corrected chi connectivity index (χ3v) is 6.04. The first-order valence-electron chi connectivity index (χ1n) is 10.7. The summed E-state index contributed by atoms with van der Waals surface area (Å²) in [5, 5.41) is 2.98. The number of hydrogen-bond donors (Lipinski definition) is 1. The number of hydrogen-bond acceptors (Lipinski definition) is 2. The zero-order valence-electron chi connectivity index (χ0n) is 17.8. The molecule has 0 spiro atoms. The second kappa shape index (κ2) is 8.78. The van der Waals surface area contributed by atoms with Crippen LogP contribution >= 0.6 is 0 Å². The van der Waals surface area contributed by atoms with E-state index in [1.165, 1.54) is 11.1 Å². The van der Waals surface area contributed by atoms with Gasteiger partial charge in [-0.25, -0.2) is 9.59 Å². The van der Waals surface area contributed by atoms with E-state index >= 15 is 0 Å². The largest absolute Gasteiger partial charge is 0.324 e. The van der Waals surface area contributed by atoms with Crippen LogP contribution in [0.25, 0.3) is 0 Å². The summed E-state index contributed by atoms with van der Waals surface area (Å²) in [7, 11) is 0. The minimum atomic E-state index is -0.0622. The van der Waals surface area contributed by atoms with Gasteiger partial charge in [0.25, 0.3) is 0 Å². The quantitative estimate of drug-likeness (QED) is 0.826. The summed E-state index contributed by atoms with van der Waals surface area (Å²) in [4.78, 5) is 31.3. The molecule has 0 atom stereocenters. The Hall–Kier alpha value is -3.02. The van der Waals surface area contributed by atoms with Gasteiger partial charge in [0.15, 0.2) is 0 Å². The molecule has 0 aromatic heterocycles. The van der Waals surface area contributed by atoms with Crippen LogP contribution in [0.4, 0.5) is 15.3 Å². The summed E-state index contributed by atoms with van der Waals surface area (Å²) in [5.74, 6) is 0. The van der Waals surface area contributed by atoms with Gasteiger partial charge in [-0.05, 0) is 49.9 Å². The van der Waals surface area contributed by atoms with Crippen LogP contribution in [-0.2, 0) is 6.54 Å². The molecule has 6 heteroatoms. The van der Waals surface area contributed by atoms with Crippen molar-refractivity contribution < 1.29 is 9.59 Å². The van der Waals surface area contributed by atoms with Gasteiger partial charge in [0.05, 0.1) is 0 Å². The second-order valence-corrected chi connectivity index (χ2v) is 8.40. The molecule has 4 amide bonds. The van der Waals surface area contributed by atoms with Crippen LogP contribution in [0.5, 0.6) is 0 Å². The normalized spacial score (nSPS) is 17.5. The minimum absolute atomic E-state index is 0.0622. The zero-order valence-corrected chi connectivity index (χ0v) is 17.8. The van der Waals surface area contributed by atoms with E-state index in [2.05, 4.69) is 30.4 Å². The molecule has 1 N–H and O–H groups in total. The number of piperidine rings is 1. The summed E-state index contributed by atoms with van der Waals surface area (Å²) < 4.78 is 0. The highest BCUT2D eigenvalue weighted by molar-refractivity contribution is 5.89. The Balaban J connectivity index is 1.29. The number of aryl methyl sites for hydroxylation is 2. The Morgan fingerprint density at radius 1 is 0.967 bits per heavy atom. The van der Waals surface area contributed by atoms with Crippen molar-refractivity contribution in [1.29, 1.82) is 0 Å². The molecule has 2 aliphatic rings. The molecule has 0 bridgehead atoms. The van der Waals surface area contributed by atoms with Crippen molar-refractivity contribution in [2.75, 3.05) is 31.5 Å². The van der Waals surface area contributed by atoms with Crippen molar-refractivity contribution in [3.05, 3.63) is 65.2 Å². The van der Waals surface area contributed by atoms with E-state index in [4.69, 9.17) is 0 Å². The third kappa shape index (κ3) is 4.58. The maximum absolute atomic E-state index is 12.9. The monoisotopic (exact) mass is 406 g/mol. The number of rotatable bonds is 4. The number of benzene rings is 2. The molecule has 2 aliphatic heterocycles. The van der Waals surface area contributed by atoms with Crippen molar-refractivity contribution in [3.63, 3.8) is 0 Å². The van der Waals surface area contributed by atoms with Crippen molar-refractivity contribution in [3.8, 4) is 0 Å². The number of likely N-dealkylation sites (tertiary alicyclic amines) is 1. The van der Waals surface area contributed by atoms with E-state index in [1.54, 1.807) is 0 Å². The molecule has 2 aromatic rings. The van der Waals surface area contributed by atoms with Crippen molar-refractivity contribution in [1.82, 2.24) is 14.7 Å². The van der Waals surface area contributed by atoms with Gasteiger partial charge < -0.3 is 20.0 Å². The number of nitrogens with one attached hydrogen (secondary N) is 1. The topological polar surface area (TPSA) is 55.9 Å². The molecule has 2 aromatic carbocycles. The molecule has 2 saturated heterocycles. The van der Waals surface area contributed by atoms with Crippen molar-refractivity contribution in [2.45, 2.75) is 39.3 Å². The van der Waals surface area contributed by atoms with E-state index in [0.29, 0.717) is 19.6 Å². The van der Waals surface area contributed by atoms with E-state index in [9.17, 15) is 9.59 Å². The molecular weight excluding hydrogens is 376 g/mol. The smallest absolute Gasteiger partial charge is 0.321 e. The zero-order chi connectivity index (χ0) is 21.1. The molecule has 2 fully saturated rings. The fourth-order valence-corrected chi connectivity index (χ4v) is 4.42. The molecule has 0 aliphatic carbocycles. The van der Waals surface area contributed by atoms with Crippen LogP contribution in [-0.4, -0.2) is 59.0 Å². The molecule has 30 heavy (non-hydrogen) atoms. The predicted octanol–water partition coefficient (Wildman–Crippen LogP) is 4.24. The van der Waals surface area contributed by atoms with E-state index in [-0.39, 0.29) is 18.1 Å². The molecule has 0 radical (unpaired) electrons. The molecular formula is C24H30N4O2. The van der Waals surface area contributed by atoms with Crippen molar-refractivity contribution in [2.24, 2.45) is 0 Å². The lowest BCUT2D eigenvalue weighted by molar-refractivity contribution is 0.139. The second-order valence-electron chi connectivity index (χ2n) is 8.40. The summed E-state index contributed by atoms with van der Waals surface area (Å²) in [6, 6.07) is 16.4. The minimum Gasteiger partial charge on any atom is -0.324 e. The van der Waals surface area contributed by atoms with Crippen molar-refractivity contribution >= 4 is 17.7 Å². The van der Waals surface area contributed by atoms with Gasteiger partial charge >= 0.3 is 12.1 Å². The van der Waals surface area contributed by atoms with Gasteiger partial charge in [-0.2, -0.15) is 0 Å². The highest BCUT2D eigenvalue weighted by Gasteiger charge is 2.36. The average molecular weight is 407 g/mol. The van der Waals surface area contributed by atoms with Crippen LogP contribution in [0, 0.1) is 13.8 Å². The Bertz CT molecular complexity index is 921. The fraction of sp³-hybridized carbons (Fsp3) is 0.417. The first kappa shape index (κ1) is 20.3. The van der Waals surface area contributed by atoms with Gasteiger partial charge in [-0.15, -0.1) is 0 Å². The number of carbonyl (C=O) groups excluding carboxylic acids is 2. The number of nitrogens with zero attached hydrogens (tertiary/aromatic N) is 3. The Labute approximate surface area is 178 Å². The first-order valence-corrected chi connectivity index (χ1v) is 10.7. The van der Waals surface area contributed by atoms with Crippen LogP contribution < -0.4 is 5.32 Å². The van der Waals surface area contributed by atoms with Crippen LogP contribution in [0.15, 0.2) is 48.5 Å². The van der Waals surface area contributed by atoms with Gasteiger partial charge in [-0.3, -0.25) is 0 Å². The maximum atomic E-state index is 12.9. The van der Waals surface area contributed by atoms with Crippen LogP contribution in [0.1, 0.15) is 29.5 Å². The predicted molar refractivity (Wildman–Crippen MR) is 118 cm³/mol. The van der Waals surface area contributed by atoms with Crippen LogP contribution in [0.2, 0.25) is 0 Å². The molecule has 0 saturated carbocycles. The number of carbonyl (C=O) groups is 2. The van der Waals surface area contributed by atoms with Gasteiger partial charge in [0.1, 0.15) is 0 Å².